The monoisotopic (exact) mass is 409 g/mol. The van der Waals surface area contributed by atoms with Crippen LogP contribution in [0.5, 0.6) is 0 Å². The standard InChI is InChI=1S/C19H24BrNO2S/c1-16-10-12-19(13-11-16)24(22,23)21(14-6-7-17(2)20)15-18-8-4-3-5-9-18/h3-5,8-13,17H,6-7,14-15H2,1-2H3. The van der Waals surface area contributed by atoms with Gasteiger partial charge >= 0.3 is 0 Å². The van der Waals surface area contributed by atoms with Gasteiger partial charge in [0.1, 0.15) is 0 Å². The Morgan fingerprint density at radius 1 is 1.04 bits per heavy atom. The van der Waals surface area contributed by atoms with Gasteiger partial charge in [0.15, 0.2) is 0 Å². The number of aryl methyl sites for hydroxylation is 1. The summed E-state index contributed by atoms with van der Waals surface area (Å²) in [6.07, 6.45) is 1.76. The van der Waals surface area contributed by atoms with Crippen molar-refractivity contribution in [1.82, 2.24) is 4.31 Å². The van der Waals surface area contributed by atoms with E-state index in [9.17, 15) is 8.42 Å². The fourth-order valence-electron chi connectivity index (χ4n) is 2.48. The Kier molecular flexibility index (Phi) is 7.02. The third-order valence-electron chi connectivity index (χ3n) is 3.87. The van der Waals surface area contributed by atoms with Gasteiger partial charge in [0.05, 0.1) is 4.90 Å². The molecule has 0 fully saturated rings. The van der Waals surface area contributed by atoms with Crippen LogP contribution in [0.2, 0.25) is 0 Å². The molecule has 0 bridgehead atoms. The second-order valence-corrected chi connectivity index (χ2v) is 9.56. The molecule has 0 aliphatic rings. The van der Waals surface area contributed by atoms with Gasteiger partial charge in [0.2, 0.25) is 10.0 Å². The van der Waals surface area contributed by atoms with Crippen LogP contribution in [0.4, 0.5) is 0 Å². The molecule has 0 saturated carbocycles. The predicted octanol–water partition coefficient (Wildman–Crippen LogP) is 4.75. The molecule has 0 aliphatic carbocycles. The topological polar surface area (TPSA) is 37.4 Å². The molecule has 130 valence electrons. The van der Waals surface area contributed by atoms with Gasteiger partial charge in [-0.05, 0) is 37.5 Å². The lowest BCUT2D eigenvalue weighted by Crippen LogP contribution is -2.32. The van der Waals surface area contributed by atoms with E-state index >= 15 is 0 Å². The molecule has 0 spiro atoms. The third kappa shape index (κ3) is 5.43. The normalized spacial score (nSPS) is 13.2. The van der Waals surface area contributed by atoms with E-state index in [1.807, 2.05) is 49.4 Å². The Labute approximate surface area is 153 Å². The Hall–Kier alpha value is -1.17. The first kappa shape index (κ1) is 19.2. The van der Waals surface area contributed by atoms with Gasteiger partial charge in [-0.3, -0.25) is 0 Å². The molecule has 3 nitrogen and oxygen atoms in total. The van der Waals surface area contributed by atoms with Crippen molar-refractivity contribution in [3.63, 3.8) is 0 Å². The molecule has 0 radical (unpaired) electrons. The number of sulfonamides is 1. The molecule has 2 aromatic carbocycles. The Bertz CT molecular complexity index is 728. The van der Waals surface area contributed by atoms with E-state index in [1.54, 1.807) is 16.4 Å². The fraction of sp³-hybridized carbons (Fsp3) is 0.368. The molecule has 0 amide bonds. The van der Waals surface area contributed by atoms with E-state index in [-0.39, 0.29) is 0 Å². The predicted molar refractivity (Wildman–Crippen MR) is 103 cm³/mol. The summed E-state index contributed by atoms with van der Waals surface area (Å²) in [4.78, 5) is 0.745. The van der Waals surface area contributed by atoms with Crippen molar-refractivity contribution in [3.8, 4) is 0 Å². The Balaban J connectivity index is 2.24. The number of nitrogens with zero attached hydrogens (tertiary/aromatic N) is 1. The maximum Gasteiger partial charge on any atom is 0.243 e. The highest BCUT2D eigenvalue weighted by molar-refractivity contribution is 9.09. The van der Waals surface area contributed by atoms with Crippen LogP contribution in [0.3, 0.4) is 0 Å². The van der Waals surface area contributed by atoms with Crippen LogP contribution in [0.15, 0.2) is 59.5 Å². The summed E-state index contributed by atoms with van der Waals surface area (Å²) in [5.41, 5.74) is 2.05. The lowest BCUT2D eigenvalue weighted by Gasteiger charge is -2.23. The first-order chi connectivity index (χ1) is 11.4. The first-order valence-corrected chi connectivity index (χ1v) is 10.5. The Morgan fingerprint density at radius 2 is 1.67 bits per heavy atom. The van der Waals surface area contributed by atoms with Crippen molar-refractivity contribution >= 4 is 26.0 Å². The fourth-order valence-corrected chi connectivity index (χ4v) is 4.27. The molecule has 1 unspecified atom stereocenters. The maximum absolute atomic E-state index is 13.0. The Morgan fingerprint density at radius 3 is 2.25 bits per heavy atom. The molecule has 0 aromatic heterocycles. The van der Waals surface area contributed by atoms with Gasteiger partial charge in [-0.1, -0.05) is 70.9 Å². The van der Waals surface area contributed by atoms with Crippen LogP contribution in [0, 0.1) is 6.92 Å². The molecule has 0 saturated heterocycles. The molecule has 2 aromatic rings. The van der Waals surface area contributed by atoms with Crippen molar-refractivity contribution in [1.29, 1.82) is 0 Å². The van der Waals surface area contributed by atoms with Crippen molar-refractivity contribution in [2.75, 3.05) is 6.54 Å². The van der Waals surface area contributed by atoms with E-state index in [4.69, 9.17) is 0 Å². The number of alkyl halides is 1. The molecule has 0 heterocycles. The van der Waals surface area contributed by atoms with Gasteiger partial charge in [0, 0.05) is 17.9 Å². The first-order valence-electron chi connectivity index (χ1n) is 8.14. The second-order valence-electron chi connectivity index (χ2n) is 6.06. The van der Waals surface area contributed by atoms with E-state index in [0.717, 1.165) is 24.0 Å². The summed E-state index contributed by atoms with van der Waals surface area (Å²) in [6, 6.07) is 16.8. The van der Waals surface area contributed by atoms with Crippen LogP contribution in [-0.2, 0) is 16.6 Å². The van der Waals surface area contributed by atoms with Gasteiger partial charge < -0.3 is 0 Å². The largest absolute Gasteiger partial charge is 0.243 e. The van der Waals surface area contributed by atoms with Gasteiger partial charge in [-0.15, -0.1) is 0 Å². The molecule has 2 rings (SSSR count). The molecule has 0 N–H and O–H groups in total. The van der Waals surface area contributed by atoms with Gasteiger partial charge in [-0.2, -0.15) is 4.31 Å². The minimum Gasteiger partial charge on any atom is -0.207 e. The lowest BCUT2D eigenvalue weighted by molar-refractivity contribution is 0.395. The average Bonchev–Trinajstić information content (AvgIpc) is 2.55. The summed E-state index contributed by atoms with van der Waals surface area (Å²) in [6.45, 7) is 4.94. The average molecular weight is 410 g/mol. The molecule has 24 heavy (non-hydrogen) atoms. The van der Waals surface area contributed by atoms with E-state index in [1.165, 1.54) is 0 Å². The van der Waals surface area contributed by atoms with Crippen molar-refractivity contribution < 1.29 is 8.42 Å². The minimum absolute atomic E-state index is 0.357. The highest BCUT2D eigenvalue weighted by Crippen LogP contribution is 2.20. The summed E-state index contributed by atoms with van der Waals surface area (Å²) >= 11 is 3.53. The zero-order valence-electron chi connectivity index (χ0n) is 14.2. The van der Waals surface area contributed by atoms with Crippen LogP contribution < -0.4 is 0 Å². The summed E-state index contributed by atoms with van der Waals surface area (Å²) in [5, 5.41) is 0. The van der Waals surface area contributed by atoms with Gasteiger partial charge in [0.25, 0.3) is 0 Å². The van der Waals surface area contributed by atoms with Crippen LogP contribution >= 0.6 is 15.9 Å². The molecular weight excluding hydrogens is 386 g/mol. The summed E-state index contributed by atoms with van der Waals surface area (Å²) < 4.78 is 27.7. The SMILES string of the molecule is Cc1ccc(S(=O)(=O)N(CCCC(C)Br)Cc2ccccc2)cc1. The molecular formula is C19H24BrNO2S. The van der Waals surface area contributed by atoms with Crippen molar-refractivity contribution in [2.45, 2.75) is 43.0 Å². The highest BCUT2D eigenvalue weighted by atomic mass is 79.9. The quantitative estimate of drug-likeness (QED) is 0.589. The zero-order chi connectivity index (χ0) is 17.6. The number of benzene rings is 2. The van der Waals surface area contributed by atoms with Crippen LogP contribution in [-0.4, -0.2) is 24.1 Å². The van der Waals surface area contributed by atoms with E-state index in [2.05, 4.69) is 22.9 Å². The molecule has 1 atom stereocenters. The smallest absolute Gasteiger partial charge is 0.207 e. The number of halogens is 1. The summed E-state index contributed by atoms with van der Waals surface area (Å²) in [5.74, 6) is 0. The van der Waals surface area contributed by atoms with Gasteiger partial charge in [-0.25, -0.2) is 8.42 Å². The minimum atomic E-state index is -3.50. The van der Waals surface area contributed by atoms with E-state index < -0.39 is 10.0 Å². The lowest BCUT2D eigenvalue weighted by atomic mass is 10.2. The molecule has 0 aliphatic heterocycles. The third-order valence-corrected chi connectivity index (χ3v) is 6.19. The number of hydrogen-bond acceptors (Lipinski definition) is 2. The molecule has 5 heteroatoms. The maximum atomic E-state index is 13.0. The van der Waals surface area contributed by atoms with Crippen LogP contribution in [0.1, 0.15) is 30.9 Å². The van der Waals surface area contributed by atoms with Crippen molar-refractivity contribution in [3.05, 3.63) is 65.7 Å². The highest BCUT2D eigenvalue weighted by Gasteiger charge is 2.24. The number of hydrogen-bond donors (Lipinski definition) is 0. The van der Waals surface area contributed by atoms with E-state index in [0.29, 0.717) is 22.8 Å². The van der Waals surface area contributed by atoms with Crippen LogP contribution in [0.25, 0.3) is 0 Å². The summed E-state index contributed by atoms with van der Waals surface area (Å²) in [7, 11) is -3.50. The zero-order valence-corrected chi connectivity index (χ0v) is 16.6. The second kappa shape index (κ2) is 8.79. The van der Waals surface area contributed by atoms with Crippen molar-refractivity contribution in [2.24, 2.45) is 0 Å². The number of rotatable bonds is 8.